The Kier molecular flexibility index (Phi) is 3.13. The molecule has 0 bridgehead atoms. The Hall–Kier alpha value is -2.90. The van der Waals surface area contributed by atoms with Gasteiger partial charge in [0.1, 0.15) is 12.0 Å². The SMILES string of the molecule is O=C(NC1[C@H]2CN(C(=O)C3(c4cccnc4)CC3)C[C@@H]12)c1coc(=O)[nH]1. The van der Waals surface area contributed by atoms with Crippen LogP contribution < -0.4 is 11.1 Å². The largest absolute Gasteiger partial charge is 0.416 e. The second kappa shape index (κ2) is 5.30. The first-order valence-electron chi connectivity index (χ1n) is 8.77. The van der Waals surface area contributed by atoms with Gasteiger partial charge in [0.2, 0.25) is 5.91 Å². The smallest absolute Gasteiger partial charge is 0.416 e. The molecule has 8 nitrogen and oxygen atoms in total. The number of fused-ring (bicyclic) bond motifs is 1. The van der Waals surface area contributed by atoms with E-state index in [0.29, 0.717) is 13.1 Å². The third-order valence-corrected chi connectivity index (χ3v) is 5.92. The van der Waals surface area contributed by atoms with Crippen molar-refractivity contribution in [3.63, 3.8) is 0 Å². The summed E-state index contributed by atoms with van der Waals surface area (Å²) in [5, 5.41) is 2.91. The summed E-state index contributed by atoms with van der Waals surface area (Å²) in [4.78, 5) is 44.5. The number of hydrogen-bond donors (Lipinski definition) is 2. The number of H-pyrrole nitrogens is 1. The number of carbonyl (C=O) groups is 2. The van der Waals surface area contributed by atoms with E-state index in [9.17, 15) is 14.4 Å². The lowest BCUT2D eigenvalue weighted by Crippen LogP contribution is -2.42. The van der Waals surface area contributed by atoms with E-state index in [1.165, 1.54) is 0 Å². The molecule has 3 atom stereocenters. The summed E-state index contributed by atoms with van der Waals surface area (Å²) in [6, 6.07) is 3.90. The molecule has 2 aliphatic carbocycles. The van der Waals surface area contributed by atoms with Crippen LogP contribution in [-0.2, 0) is 10.2 Å². The maximum atomic E-state index is 13.0. The van der Waals surface area contributed by atoms with Crippen LogP contribution in [0.4, 0.5) is 0 Å². The molecule has 0 radical (unpaired) electrons. The van der Waals surface area contributed by atoms with E-state index in [-0.39, 0.29) is 40.8 Å². The molecule has 1 saturated heterocycles. The van der Waals surface area contributed by atoms with Gasteiger partial charge in [0.05, 0.1) is 5.41 Å². The zero-order chi connectivity index (χ0) is 17.9. The van der Waals surface area contributed by atoms with Gasteiger partial charge in [-0.25, -0.2) is 4.79 Å². The number of likely N-dealkylation sites (tertiary alicyclic amines) is 1. The number of aromatic amines is 1. The van der Waals surface area contributed by atoms with Crippen molar-refractivity contribution in [1.29, 1.82) is 0 Å². The van der Waals surface area contributed by atoms with E-state index >= 15 is 0 Å². The predicted molar refractivity (Wildman–Crippen MR) is 89.3 cm³/mol. The molecule has 26 heavy (non-hydrogen) atoms. The van der Waals surface area contributed by atoms with Crippen molar-refractivity contribution in [2.75, 3.05) is 13.1 Å². The van der Waals surface area contributed by atoms with Gasteiger partial charge in [-0.05, 0) is 24.5 Å². The van der Waals surface area contributed by atoms with Crippen LogP contribution in [0.1, 0.15) is 28.9 Å². The van der Waals surface area contributed by atoms with Gasteiger partial charge in [0.15, 0.2) is 0 Å². The number of carbonyl (C=O) groups excluding carboxylic acids is 2. The molecule has 1 unspecified atom stereocenters. The number of oxazole rings is 1. The number of hydrogen-bond acceptors (Lipinski definition) is 5. The summed E-state index contributed by atoms with van der Waals surface area (Å²) >= 11 is 0. The highest BCUT2D eigenvalue weighted by Crippen LogP contribution is 2.52. The van der Waals surface area contributed by atoms with Gasteiger partial charge < -0.3 is 14.6 Å². The minimum Gasteiger partial charge on any atom is -0.416 e. The van der Waals surface area contributed by atoms with Gasteiger partial charge in [-0.2, -0.15) is 0 Å². The van der Waals surface area contributed by atoms with Gasteiger partial charge in [-0.3, -0.25) is 19.6 Å². The maximum absolute atomic E-state index is 13.0. The summed E-state index contributed by atoms with van der Waals surface area (Å²) < 4.78 is 4.59. The molecule has 3 heterocycles. The standard InChI is InChI=1S/C18H18N4O4/c23-15(13-9-26-17(25)20-13)21-14-11-7-22(8-12(11)14)16(24)18(3-4-18)10-2-1-5-19-6-10/h1-2,5-6,9,11-12,14H,3-4,7-8H2,(H,20,25)(H,21,23)/t11-,12+,14?. The first kappa shape index (κ1) is 15.4. The average Bonchev–Trinajstić information content (AvgIpc) is 3.46. The van der Waals surface area contributed by atoms with Crippen LogP contribution in [0, 0.1) is 11.8 Å². The van der Waals surface area contributed by atoms with Crippen molar-refractivity contribution in [3.05, 3.63) is 52.6 Å². The summed E-state index contributed by atoms with van der Waals surface area (Å²) in [5.41, 5.74) is 0.737. The number of pyridine rings is 1. The summed E-state index contributed by atoms with van der Waals surface area (Å²) in [6.07, 6.45) is 6.37. The first-order valence-corrected chi connectivity index (χ1v) is 8.77. The van der Waals surface area contributed by atoms with Crippen molar-refractivity contribution < 1.29 is 14.0 Å². The minimum atomic E-state index is -0.645. The third kappa shape index (κ3) is 2.28. The molecule has 2 amide bonds. The molecule has 3 fully saturated rings. The second-order valence-electron chi connectivity index (χ2n) is 7.42. The Bertz CT molecular complexity index is 918. The molecule has 2 N–H and O–H groups in total. The van der Waals surface area contributed by atoms with E-state index in [0.717, 1.165) is 24.7 Å². The van der Waals surface area contributed by atoms with Crippen molar-refractivity contribution in [2.45, 2.75) is 24.3 Å². The fourth-order valence-corrected chi connectivity index (χ4v) is 4.23. The molecule has 0 spiro atoms. The van der Waals surface area contributed by atoms with Gasteiger partial charge in [0, 0.05) is 43.4 Å². The van der Waals surface area contributed by atoms with Crippen LogP contribution in [0.15, 0.2) is 40.0 Å². The highest BCUT2D eigenvalue weighted by molar-refractivity contribution is 5.93. The van der Waals surface area contributed by atoms with Gasteiger partial charge in [-0.1, -0.05) is 6.07 Å². The van der Waals surface area contributed by atoms with Crippen LogP contribution in [0.2, 0.25) is 0 Å². The molecule has 3 aliphatic rings. The number of nitrogens with one attached hydrogen (secondary N) is 2. The van der Waals surface area contributed by atoms with E-state index in [2.05, 4.69) is 19.7 Å². The lowest BCUT2D eigenvalue weighted by Gasteiger charge is -2.25. The molecule has 8 heteroatoms. The molecule has 2 saturated carbocycles. The minimum absolute atomic E-state index is 0.0542. The normalized spacial score (nSPS) is 27.7. The zero-order valence-electron chi connectivity index (χ0n) is 14.0. The fourth-order valence-electron chi connectivity index (χ4n) is 4.23. The molecule has 2 aromatic rings. The predicted octanol–water partition coefficient (Wildman–Crippen LogP) is 0.281. The molecule has 1 aliphatic heterocycles. The first-order chi connectivity index (χ1) is 12.6. The molecule has 2 aromatic heterocycles. The van der Waals surface area contributed by atoms with E-state index in [1.54, 1.807) is 12.4 Å². The topological polar surface area (TPSA) is 108 Å². The Morgan fingerprint density at radius 1 is 1.31 bits per heavy atom. The van der Waals surface area contributed by atoms with Crippen molar-refractivity contribution in [2.24, 2.45) is 11.8 Å². The Morgan fingerprint density at radius 3 is 2.65 bits per heavy atom. The maximum Gasteiger partial charge on any atom is 0.416 e. The fraction of sp³-hybridized carbons (Fsp3) is 0.444. The summed E-state index contributed by atoms with van der Waals surface area (Å²) in [7, 11) is 0. The Morgan fingerprint density at radius 2 is 2.08 bits per heavy atom. The highest BCUT2D eigenvalue weighted by atomic mass is 16.4. The molecular weight excluding hydrogens is 336 g/mol. The molecular formula is C18H18N4O4. The Labute approximate surface area is 148 Å². The van der Waals surface area contributed by atoms with E-state index in [4.69, 9.17) is 0 Å². The average molecular weight is 354 g/mol. The van der Waals surface area contributed by atoms with Crippen molar-refractivity contribution in [3.8, 4) is 0 Å². The monoisotopic (exact) mass is 354 g/mol. The molecule has 0 aromatic carbocycles. The number of nitrogens with zero attached hydrogens (tertiary/aromatic N) is 2. The van der Waals surface area contributed by atoms with Gasteiger partial charge in [-0.15, -0.1) is 0 Å². The number of rotatable bonds is 4. The lowest BCUT2D eigenvalue weighted by atomic mass is 9.96. The van der Waals surface area contributed by atoms with E-state index < -0.39 is 5.76 Å². The van der Waals surface area contributed by atoms with Crippen LogP contribution in [-0.4, -0.2) is 45.8 Å². The van der Waals surface area contributed by atoms with Gasteiger partial charge >= 0.3 is 5.76 Å². The van der Waals surface area contributed by atoms with E-state index in [1.807, 2.05) is 17.0 Å². The third-order valence-electron chi connectivity index (χ3n) is 5.92. The highest BCUT2D eigenvalue weighted by Gasteiger charge is 2.61. The summed E-state index contributed by atoms with van der Waals surface area (Å²) in [6.45, 7) is 1.33. The van der Waals surface area contributed by atoms with Crippen molar-refractivity contribution >= 4 is 11.8 Å². The Balaban J connectivity index is 1.21. The molecule has 134 valence electrons. The second-order valence-corrected chi connectivity index (χ2v) is 7.42. The quantitative estimate of drug-likeness (QED) is 0.820. The van der Waals surface area contributed by atoms with Crippen molar-refractivity contribution in [1.82, 2.24) is 20.2 Å². The number of aromatic nitrogens is 2. The van der Waals surface area contributed by atoms with Gasteiger partial charge in [0.25, 0.3) is 5.91 Å². The van der Waals surface area contributed by atoms with Crippen LogP contribution in [0.5, 0.6) is 0 Å². The van der Waals surface area contributed by atoms with Crippen LogP contribution >= 0.6 is 0 Å². The van der Waals surface area contributed by atoms with Crippen LogP contribution in [0.3, 0.4) is 0 Å². The zero-order valence-corrected chi connectivity index (χ0v) is 14.0. The van der Waals surface area contributed by atoms with Crippen LogP contribution in [0.25, 0.3) is 0 Å². The number of amides is 2. The summed E-state index contributed by atoms with van der Waals surface area (Å²) in [5.74, 6) is -0.241. The lowest BCUT2D eigenvalue weighted by molar-refractivity contribution is -0.133. The number of piperidine rings is 1. The molecule has 5 rings (SSSR count).